The van der Waals surface area contributed by atoms with Gasteiger partial charge in [0.15, 0.2) is 0 Å². The van der Waals surface area contributed by atoms with Crippen LogP contribution in [-0.4, -0.2) is 49.9 Å². The van der Waals surface area contributed by atoms with Crippen molar-refractivity contribution in [1.82, 2.24) is 9.47 Å². The molecule has 1 aromatic carbocycles. The molecule has 3 rings (SSSR count). The van der Waals surface area contributed by atoms with Gasteiger partial charge in [0.05, 0.1) is 32.8 Å². The number of likely N-dealkylation sites (tertiary alicyclic amines) is 1. The summed E-state index contributed by atoms with van der Waals surface area (Å²) in [7, 11) is 6.41. The molecule has 2 heterocycles. The van der Waals surface area contributed by atoms with Crippen molar-refractivity contribution in [3.63, 3.8) is 0 Å². The zero-order chi connectivity index (χ0) is 20.4. The van der Waals surface area contributed by atoms with Gasteiger partial charge in [-0.3, -0.25) is 14.5 Å². The Morgan fingerprint density at radius 1 is 1.07 bits per heavy atom. The number of hydrogen-bond acceptors (Lipinski definition) is 6. The van der Waals surface area contributed by atoms with Gasteiger partial charge < -0.3 is 18.8 Å². The summed E-state index contributed by atoms with van der Waals surface area (Å²) in [6.07, 6.45) is 1.81. The van der Waals surface area contributed by atoms with E-state index in [-0.39, 0.29) is 17.4 Å². The Morgan fingerprint density at radius 2 is 1.68 bits per heavy atom. The second-order valence-electron chi connectivity index (χ2n) is 7.10. The van der Waals surface area contributed by atoms with Crippen LogP contribution in [0.15, 0.2) is 29.2 Å². The predicted molar refractivity (Wildman–Crippen MR) is 106 cm³/mol. The van der Waals surface area contributed by atoms with Crippen LogP contribution in [0.25, 0.3) is 11.1 Å². The van der Waals surface area contributed by atoms with Crippen LogP contribution in [0.4, 0.5) is 0 Å². The molecular weight excluding hydrogens is 360 g/mol. The fourth-order valence-electron chi connectivity index (χ4n) is 3.58. The van der Waals surface area contributed by atoms with Crippen molar-refractivity contribution >= 4 is 5.97 Å². The van der Waals surface area contributed by atoms with Crippen LogP contribution < -0.4 is 15.0 Å². The average Bonchev–Trinajstić information content (AvgIpc) is 2.66. The Morgan fingerprint density at radius 3 is 2.18 bits per heavy atom. The molecule has 0 aliphatic carbocycles. The van der Waals surface area contributed by atoms with Crippen molar-refractivity contribution in [3.8, 4) is 22.6 Å². The summed E-state index contributed by atoms with van der Waals surface area (Å²) in [6.45, 7) is 3.73. The normalized spacial score (nSPS) is 14.5. The summed E-state index contributed by atoms with van der Waals surface area (Å²) in [5, 5.41) is 0. The standard InChI is InChI=1S/C21H26N2O5/c1-13-6-15(9-22(2)20(13)24)14-7-18(26-3)17(19(8-14)27-4)12-23-10-16(11-23)21(25)28-5/h6-9,16H,10-12H2,1-5H3. The summed E-state index contributed by atoms with van der Waals surface area (Å²) in [6, 6.07) is 5.77. The molecule has 0 unspecified atom stereocenters. The predicted octanol–water partition coefficient (Wildman–Crippen LogP) is 1.98. The van der Waals surface area contributed by atoms with Gasteiger partial charge in [-0.05, 0) is 36.2 Å². The number of ether oxygens (including phenoxy) is 3. The summed E-state index contributed by atoms with van der Waals surface area (Å²) in [5.41, 5.74) is 3.41. The minimum Gasteiger partial charge on any atom is -0.496 e. The monoisotopic (exact) mass is 386 g/mol. The summed E-state index contributed by atoms with van der Waals surface area (Å²) >= 11 is 0. The van der Waals surface area contributed by atoms with E-state index in [1.165, 1.54) is 7.11 Å². The third-order valence-corrected chi connectivity index (χ3v) is 5.18. The van der Waals surface area contributed by atoms with Gasteiger partial charge in [-0.25, -0.2) is 0 Å². The van der Waals surface area contributed by atoms with Gasteiger partial charge in [-0.2, -0.15) is 0 Å². The van der Waals surface area contributed by atoms with Crippen molar-refractivity contribution in [2.24, 2.45) is 13.0 Å². The maximum atomic E-state index is 12.0. The Bertz CT molecular complexity index is 893. The number of aryl methyl sites for hydroxylation is 2. The number of esters is 1. The molecule has 150 valence electrons. The lowest BCUT2D eigenvalue weighted by atomic mass is 9.97. The molecule has 2 aromatic rings. The molecule has 0 spiro atoms. The van der Waals surface area contributed by atoms with Crippen LogP contribution in [0.5, 0.6) is 11.5 Å². The highest BCUT2D eigenvalue weighted by Crippen LogP contribution is 2.37. The van der Waals surface area contributed by atoms with Crippen LogP contribution in [-0.2, 0) is 23.1 Å². The molecule has 1 saturated heterocycles. The van der Waals surface area contributed by atoms with Crippen molar-refractivity contribution in [2.45, 2.75) is 13.5 Å². The van der Waals surface area contributed by atoms with E-state index in [9.17, 15) is 9.59 Å². The van der Waals surface area contributed by atoms with Crippen LogP contribution in [0.1, 0.15) is 11.1 Å². The lowest BCUT2D eigenvalue weighted by molar-refractivity contribution is -0.151. The largest absolute Gasteiger partial charge is 0.496 e. The number of carbonyl (C=O) groups excluding carboxylic acids is 1. The number of methoxy groups -OCH3 is 3. The van der Waals surface area contributed by atoms with E-state index >= 15 is 0 Å². The fraction of sp³-hybridized carbons (Fsp3) is 0.429. The topological polar surface area (TPSA) is 70.0 Å². The molecule has 0 radical (unpaired) electrons. The first kappa shape index (κ1) is 19.9. The third-order valence-electron chi connectivity index (χ3n) is 5.18. The number of rotatable bonds is 6. The highest BCUT2D eigenvalue weighted by molar-refractivity contribution is 5.74. The van der Waals surface area contributed by atoms with E-state index < -0.39 is 0 Å². The minimum atomic E-state index is -0.171. The molecule has 7 heteroatoms. The molecule has 0 bridgehead atoms. The minimum absolute atomic E-state index is 0.0164. The number of benzene rings is 1. The first-order valence-electron chi connectivity index (χ1n) is 9.10. The molecule has 0 atom stereocenters. The average molecular weight is 386 g/mol. The molecule has 1 aromatic heterocycles. The number of carbonyl (C=O) groups is 1. The first-order chi connectivity index (χ1) is 13.4. The molecule has 7 nitrogen and oxygen atoms in total. The van der Waals surface area contributed by atoms with Gasteiger partial charge in [0.2, 0.25) is 0 Å². The Balaban J connectivity index is 1.91. The van der Waals surface area contributed by atoms with E-state index in [2.05, 4.69) is 4.90 Å². The maximum Gasteiger partial charge on any atom is 0.311 e. The molecule has 0 saturated carbocycles. The highest BCUT2D eigenvalue weighted by atomic mass is 16.5. The van der Waals surface area contributed by atoms with Crippen LogP contribution in [0.2, 0.25) is 0 Å². The molecule has 1 fully saturated rings. The van der Waals surface area contributed by atoms with E-state index in [0.717, 1.165) is 16.7 Å². The summed E-state index contributed by atoms with van der Waals surface area (Å²) in [4.78, 5) is 25.7. The van der Waals surface area contributed by atoms with Gasteiger partial charge in [-0.15, -0.1) is 0 Å². The van der Waals surface area contributed by atoms with Gasteiger partial charge in [0, 0.05) is 38.4 Å². The summed E-state index contributed by atoms with van der Waals surface area (Å²) < 4.78 is 17.6. The second-order valence-corrected chi connectivity index (χ2v) is 7.10. The van der Waals surface area contributed by atoms with Gasteiger partial charge >= 0.3 is 5.97 Å². The van der Waals surface area contributed by atoms with Gasteiger partial charge in [0.1, 0.15) is 11.5 Å². The fourth-order valence-corrected chi connectivity index (χ4v) is 3.58. The smallest absolute Gasteiger partial charge is 0.311 e. The van der Waals surface area contributed by atoms with Crippen molar-refractivity contribution in [1.29, 1.82) is 0 Å². The molecule has 28 heavy (non-hydrogen) atoms. The Labute approximate surface area is 164 Å². The van der Waals surface area contributed by atoms with Crippen molar-refractivity contribution < 1.29 is 19.0 Å². The van der Waals surface area contributed by atoms with Crippen molar-refractivity contribution in [2.75, 3.05) is 34.4 Å². The zero-order valence-corrected chi connectivity index (χ0v) is 16.9. The van der Waals surface area contributed by atoms with Crippen LogP contribution in [0, 0.1) is 12.8 Å². The molecule has 0 amide bonds. The van der Waals surface area contributed by atoms with E-state index in [0.29, 0.717) is 36.7 Å². The van der Waals surface area contributed by atoms with E-state index in [4.69, 9.17) is 14.2 Å². The first-order valence-corrected chi connectivity index (χ1v) is 9.10. The lowest BCUT2D eigenvalue weighted by Crippen LogP contribution is -2.50. The number of pyridine rings is 1. The zero-order valence-electron chi connectivity index (χ0n) is 16.9. The highest BCUT2D eigenvalue weighted by Gasteiger charge is 2.34. The number of aromatic nitrogens is 1. The van der Waals surface area contributed by atoms with Gasteiger partial charge in [0.25, 0.3) is 5.56 Å². The van der Waals surface area contributed by atoms with Crippen LogP contribution >= 0.6 is 0 Å². The number of nitrogens with zero attached hydrogens (tertiary/aromatic N) is 2. The molecular formula is C21H26N2O5. The quantitative estimate of drug-likeness (QED) is 0.707. The molecule has 1 aliphatic heterocycles. The SMILES string of the molecule is COC(=O)C1CN(Cc2c(OC)cc(-c3cc(C)c(=O)n(C)c3)cc2OC)C1. The van der Waals surface area contributed by atoms with Gasteiger partial charge in [-0.1, -0.05) is 0 Å². The maximum absolute atomic E-state index is 12.0. The van der Waals surface area contributed by atoms with E-state index in [1.54, 1.807) is 39.0 Å². The Hall–Kier alpha value is -2.80. The lowest BCUT2D eigenvalue weighted by Gasteiger charge is -2.37. The van der Waals surface area contributed by atoms with Crippen molar-refractivity contribution in [3.05, 3.63) is 45.9 Å². The molecule has 1 aliphatic rings. The Kier molecular flexibility index (Phi) is 5.74. The summed E-state index contributed by atoms with van der Waals surface area (Å²) in [5.74, 6) is 1.18. The van der Waals surface area contributed by atoms with Crippen LogP contribution in [0.3, 0.4) is 0 Å². The number of hydrogen-bond donors (Lipinski definition) is 0. The molecule has 0 N–H and O–H groups in total. The van der Waals surface area contributed by atoms with E-state index in [1.807, 2.05) is 18.2 Å². The second kappa shape index (κ2) is 8.06. The third kappa shape index (κ3) is 3.75.